The highest BCUT2D eigenvalue weighted by atomic mass is 32.2. The Kier molecular flexibility index (Phi) is 3.41. The third-order valence-electron chi connectivity index (χ3n) is 1.39. The van der Waals surface area contributed by atoms with Crippen LogP contribution in [0.1, 0.15) is 4.88 Å². The number of hydrogen-bond acceptors (Lipinski definition) is 5. The maximum atomic E-state index is 11.4. The molecule has 0 fully saturated rings. The Morgan fingerprint density at radius 2 is 2.27 bits per heavy atom. The standard InChI is InChI=1S/C7H7N3O3S2/c8-3-5-1-2-7(14-5)15(12,13)10-4-6(9)11/h1-2,10H,4H2,(H2,9,11). The fourth-order valence-corrected chi connectivity index (χ4v) is 2.90. The second-order valence-corrected chi connectivity index (χ2v) is 5.60. The van der Waals surface area contributed by atoms with Crippen molar-refractivity contribution in [3.8, 4) is 6.07 Å². The molecule has 1 aromatic rings. The van der Waals surface area contributed by atoms with Crippen LogP contribution in [0, 0.1) is 11.3 Å². The van der Waals surface area contributed by atoms with Gasteiger partial charge in [-0.2, -0.15) is 5.26 Å². The van der Waals surface area contributed by atoms with Crippen molar-refractivity contribution in [2.45, 2.75) is 4.21 Å². The summed E-state index contributed by atoms with van der Waals surface area (Å²) in [5.41, 5.74) is 4.79. The predicted molar refractivity (Wildman–Crippen MR) is 53.4 cm³/mol. The molecule has 6 nitrogen and oxygen atoms in total. The van der Waals surface area contributed by atoms with Crippen LogP contribution in [-0.2, 0) is 14.8 Å². The number of nitriles is 1. The fraction of sp³-hybridized carbons (Fsp3) is 0.143. The van der Waals surface area contributed by atoms with E-state index < -0.39 is 22.5 Å². The number of carbonyl (C=O) groups is 1. The van der Waals surface area contributed by atoms with Crippen LogP contribution in [0.2, 0.25) is 0 Å². The van der Waals surface area contributed by atoms with Crippen molar-refractivity contribution in [1.82, 2.24) is 4.72 Å². The lowest BCUT2D eigenvalue weighted by Crippen LogP contribution is -2.32. The summed E-state index contributed by atoms with van der Waals surface area (Å²) in [5.74, 6) is -0.768. The van der Waals surface area contributed by atoms with Crippen molar-refractivity contribution in [1.29, 1.82) is 5.26 Å². The number of hydrogen-bond donors (Lipinski definition) is 2. The number of primary amides is 1. The van der Waals surface area contributed by atoms with E-state index in [4.69, 9.17) is 11.0 Å². The molecule has 0 aliphatic heterocycles. The van der Waals surface area contributed by atoms with E-state index >= 15 is 0 Å². The van der Waals surface area contributed by atoms with E-state index in [1.165, 1.54) is 12.1 Å². The topological polar surface area (TPSA) is 113 Å². The van der Waals surface area contributed by atoms with Gasteiger partial charge in [-0.05, 0) is 12.1 Å². The summed E-state index contributed by atoms with van der Waals surface area (Å²) in [7, 11) is -3.73. The fourth-order valence-electron chi connectivity index (χ4n) is 0.762. The molecule has 0 aliphatic carbocycles. The minimum atomic E-state index is -3.73. The maximum absolute atomic E-state index is 11.4. The van der Waals surface area contributed by atoms with Crippen molar-refractivity contribution in [3.05, 3.63) is 17.0 Å². The highest BCUT2D eigenvalue weighted by molar-refractivity contribution is 7.91. The summed E-state index contributed by atoms with van der Waals surface area (Å²) in [4.78, 5) is 10.7. The Hall–Kier alpha value is -1.43. The lowest BCUT2D eigenvalue weighted by atomic mass is 10.5. The molecule has 0 aliphatic rings. The summed E-state index contributed by atoms with van der Waals surface area (Å²) >= 11 is 0.828. The van der Waals surface area contributed by atoms with Gasteiger partial charge in [0.15, 0.2) is 0 Å². The van der Waals surface area contributed by atoms with Crippen LogP contribution in [-0.4, -0.2) is 20.9 Å². The van der Waals surface area contributed by atoms with Crippen molar-refractivity contribution in [3.63, 3.8) is 0 Å². The largest absolute Gasteiger partial charge is 0.369 e. The summed E-state index contributed by atoms with van der Waals surface area (Å²) in [5, 5.41) is 8.51. The normalized spacial score (nSPS) is 10.9. The first-order valence-corrected chi connectivity index (χ1v) is 6.03. The summed E-state index contributed by atoms with van der Waals surface area (Å²) in [6.07, 6.45) is 0. The number of nitrogens with zero attached hydrogens (tertiary/aromatic N) is 1. The predicted octanol–water partition coefficient (Wildman–Crippen LogP) is -0.617. The van der Waals surface area contributed by atoms with E-state index in [2.05, 4.69) is 0 Å². The van der Waals surface area contributed by atoms with Crippen LogP contribution in [0.4, 0.5) is 0 Å². The molecule has 0 bridgehead atoms. The van der Waals surface area contributed by atoms with E-state index in [-0.39, 0.29) is 9.09 Å². The first-order chi connectivity index (χ1) is 6.95. The highest BCUT2D eigenvalue weighted by Crippen LogP contribution is 2.20. The molecule has 1 amide bonds. The Labute approximate surface area is 90.4 Å². The molecule has 0 saturated carbocycles. The zero-order valence-corrected chi connectivity index (χ0v) is 9.06. The minimum absolute atomic E-state index is 0.0136. The third kappa shape index (κ3) is 3.02. The molecule has 1 aromatic heterocycles. The van der Waals surface area contributed by atoms with Crippen LogP contribution in [0.15, 0.2) is 16.3 Å². The number of carbonyl (C=O) groups excluding carboxylic acids is 1. The first-order valence-electron chi connectivity index (χ1n) is 3.73. The van der Waals surface area contributed by atoms with Gasteiger partial charge in [0.05, 0.1) is 6.54 Å². The van der Waals surface area contributed by atoms with Crippen molar-refractivity contribution in [2.24, 2.45) is 5.73 Å². The number of nitrogens with one attached hydrogen (secondary N) is 1. The van der Waals surface area contributed by atoms with Gasteiger partial charge in [-0.15, -0.1) is 11.3 Å². The van der Waals surface area contributed by atoms with Gasteiger partial charge in [0.2, 0.25) is 5.91 Å². The molecule has 8 heteroatoms. The molecule has 0 atom stereocenters. The maximum Gasteiger partial charge on any atom is 0.250 e. The Balaban J connectivity index is 2.87. The Morgan fingerprint density at radius 3 is 2.73 bits per heavy atom. The van der Waals surface area contributed by atoms with E-state index in [0.717, 1.165) is 11.3 Å². The van der Waals surface area contributed by atoms with Gasteiger partial charge >= 0.3 is 0 Å². The van der Waals surface area contributed by atoms with Crippen LogP contribution >= 0.6 is 11.3 Å². The van der Waals surface area contributed by atoms with Gasteiger partial charge in [0.1, 0.15) is 15.2 Å². The average molecular weight is 245 g/mol. The van der Waals surface area contributed by atoms with Crippen LogP contribution in [0.25, 0.3) is 0 Å². The Morgan fingerprint density at radius 1 is 1.60 bits per heavy atom. The molecule has 0 saturated heterocycles. The van der Waals surface area contributed by atoms with Gasteiger partial charge in [0.25, 0.3) is 10.0 Å². The molecule has 3 N–H and O–H groups in total. The quantitative estimate of drug-likeness (QED) is 0.736. The van der Waals surface area contributed by atoms with Gasteiger partial charge in [-0.3, -0.25) is 4.79 Å². The molecule has 0 radical (unpaired) electrons. The summed E-state index contributed by atoms with van der Waals surface area (Å²) < 4.78 is 24.9. The molecule has 1 rings (SSSR count). The first kappa shape index (κ1) is 11.6. The highest BCUT2D eigenvalue weighted by Gasteiger charge is 2.16. The number of nitrogens with two attached hydrogens (primary N) is 1. The second kappa shape index (κ2) is 4.39. The monoisotopic (exact) mass is 245 g/mol. The van der Waals surface area contributed by atoms with Crippen LogP contribution in [0.5, 0.6) is 0 Å². The third-order valence-corrected chi connectivity index (χ3v) is 4.28. The zero-order valence-electron chi connectivity index (χ0n) is 7.43. The number of sulfonamides is 1. The molecular weight excluding hydrogens is 238 g/mol. The lowest BCUT2D eigenvalue weighted by molar-refractivity contribution is -0.116. The van der Waals surface area contributed by atoms with Crippen molar-refractivity contribution >= 4 is 27.3 Å². The Bertz CT molecular complexity index is 512. The van der Waals surface area contributed by atoms with Crippen molar-refractivity contribution in [2.75, 3.05) is 6.54 Å². The number of thiophene rings is 1. The van der Waals surface area contributed by atoms with Crippen LogP contribution < -0.4 is 10.5 Å². The van der Waals surface area contributed by atoms with E-state index in [1.54, 1.807) is 0 Å². The van der Waals surface area contributed by atoms with E-state index in [9.17, 15) is 13.2 Å². The smallest absolute Gasteiger partial charge is 0.250 e. The van der Waals surface area contributed by atoms with Gasteiger partial charge < -0.3 is 5.73 Å². The van der Waals surface area contributed by atoms with E-state index in [1.807, 2.05) is 10.8 Å². The lowest BCUT2D eigenvalue weighted by Gasteiger charge is -2.00. The van der Waals surface area contributed by atoms with Gasteiger partial charge in [0, 0.05) is 0 Å². The zero-order chi connectivity index (χ0) is 11.5. The van der Waals surface area contributed by atoms with Gasteiger partial charge in [-0.25, -0.2) is 13.1 Å². The SMILES string of the molecule is N#Cc1ccc(S(=O)(=O)NCC(N)=O)s1. The molecule has 15 heavy (non-hydrogen) atoms. The average Bonchev–Trinajstić information content (AvgIpc) is 2.63. The van der Waals surface area contributed by atoms with Crippen molar-refractivity contribution < 1.29 is 13.2 Å². The second-order valence-electron chi connectivity index (χ2n) is 2.52. The minimum Gasteiger partial charge on any atom is -0.369 e. The van der Waals surface area contributed by atoms with E-state index in [0.29, 0.717) is 0 Å². The number of amides is 1. The number of rotatable bonds is 4. The summed E-state index contributed by atoms with van der Waals surface area (Å²) in [6.45, 7) is -0.456. The van der Waals surface area contributed by atoms with Crippen LogP contribution in [0.3, 0.4) is 0 Å². The molecular formula is C7H7N3O3S2. The molecule has 80 valence electrons. The van der Waals surface area contributed by atoms with Gasteiger partial charge in [-0.1, -0.05) is 0 Å². The summed E-state index contributed by atoms with van der Waals surface area (Å²) in [6, 6.07) is 4.51. The molecule has 0 unspecified atom stereocenters. The molecule has 1 heterocycles. The molecule has 0 spiro atoms. The molecule has 0 aromatic carbocycles.